The molecule has 2 aliphatic carbocycles. The molecule has 1 aromatic heterocycles. The number of benzene rings is 1. The molecular formula is C36H48F2N4O6. The lowest BCUT2D eigenvalue weighted by atomic mass is 9.83. The molecule has 2 bridgehead atoms. The van der Waals surface area contributed by atoms with Gasteiger partial charge in [-0.15, -0.1) is 0 Å². The van der Waals surface area contributed by atoms with Crippen molar-refractivity contribution >= 4 is 28.8 Å². The van der Waals surface area contributed by atoms with Gasteiger partial charge in [-0.05, 0) is 82.8 Å². The summed E-state index contributed by atoms with van der Waals surface area (Å²) in [5, 5.41) is 2.96. The van der Waals surface area contributed by atoms with Crippen molar-refractivity contribution in [1.82, 2.24) is 20.2 Å². The fourth-order valence-electron chi connectivity index (χ4n) is 8.58. The Morgan fingerprint density at radius 1 is 1.00 bits per heavy atom. The van der Waals surface area contributed by atoms with E-state index in [1.807, 2.05) is 6.92 Å². The molecule has 0 radical (unpaired) electrons. The molecule has 4 aliphatic rings. The number of alkyl carbamates (subject to hydrolysis) is 1. The highest BCUT2D eigenvalue weighted by atomic mass is 19.3. The second kappa shape index (κ2) is 13.7. The van der Waals surface area contributed by atoms with Gasteiger partial charge in [0.05, 0.1) is 30.7 Å². The summed E-state index contributed by atoms with van der Waals surface area (Å²) in [6.45, 7) is 5.07. The Morgan fingerprint density at radius 2 is 1.73 bits per heavy atom. The number of hydrogen-bond donors (Lipinski definition) is 1. The normalized spacial score (nSPS) is 31.9. The van der Waals surface area contributed by atoms with Crippen LogP contribution in [0.1, 0.15) is 104 Å². The van der Waals surface area contributed by atoms with Gasteiger partial charge in [0, 0.05) is 18.4 Å². The van der Waals surface area contributed by atoms with E-state index in [0.717, 1.165) is 44.9 Å². The predicted molar refractivity (Wildman–Crippen MR) is 174 cm³/mol. The number of aromatic nitrogens is 2. The van der Waals surface area contributed by atoms with Gasteiger partial charge < -0.3 is 24.4 Å². The molecule has 12 heteroatoms. The number of hydrogen-bond acceptors (Lipinski definition) is 8. The van der Waals surface area contributed by atoms with E-state index < -0.39 is 53.8 Å². The van der Waals surface area contributed by atoms with E-state index in [9.17, 15) is 14.4 Å². The topological polar surface area (TPSA) is 120 Å². The summed E-state index contributed by atoms with van der Waals surface area (Å²) in [6, 6.07) is 3.09. The predicted octanol–water partition coefficient (Wildman–Crippen LogP) is 6.72. The Balaban J connectivity index is 1.42. The first kappa shape index (κ1) is 34.3. The third-order valence-electron chi connectivity index (χ3n) is 11.3. The second-order valence-corrected chi connectivity index (χ2v) is 14.6. The molecular weight excluding hydrogens is 622 g/mol. The number of ether oxygens (including phenoxy) is 3. The molecule has 1 saturated heterocycles. The summed E-state index contributed by atoms with van der Waals surface area (Å²) in [5.41, 5.74) is -0.714. The number of methoxy groups -OCH3 is 1. The monoisotopic (exact) mass is 670 g/mol. The van der Waals surface area contributed by atoms with Crippen molar-refractivity contribution in [2.24, 2.45) is 17.8 Å². The minimum Gasteiger partial charge on any atom is -0.497 e. The standard InChI is InChI=1S/C36H48F2N4O6/c1-21-28-20-42(30(21)22(2)43)33(44)29(23-11-6-5-7-12-23)41-34(45)48-35(3)17-10-14-24(35)13-8-9-18-36(37,38)31-32(47-28)40-27-19-25(46-4)15-16-26(27)39-31/h15-16,19,21,23-24,28-30H,5-14,17-18,20H2,1-4H3,(H,41,45)/t21-,24-,28+,29+,30+,35-/m1/s1. The van der Waals surface area contributed by atoms with Crippen LogP contribution < -0.4 is 14.8 Å². The Hall–Kier alpha value is -3.57. The molecule has 2 amide bonds. The van der Waals surface area contributed by atoms with Crippen LogP contribution >= 0.6 is 0 Å². The average molecular weight is 671 g/mol. The van der Waals surface area contributed by atoms with Crippen molar-refractivity contribution in [1.29, 1.82) is 0 Å². The molecule has 2 aromatic rings. The molecule has 1 N–H and O–H groups in total. The van der Waals surface area contributed by atoms with Gasteiger partial charge in [0.25, 0.3) is 5.92 Å². The number of nitrogens with zero attached hydrogens (tertiary/aromatic N) is 3. The van der Waals surface area contributed by atoms with Gasteiger partial charge in [0.15, 0.2) is 11.5 Å². The van der Waals surface area contributed by atoms with Gasteiger partial charge in [-0.25, -0.2) is 14.8 Å². The maximum atomic E-state index is 16.2. The Kier molecular flexibility index (Phi) is 9.82. The number of amides is 2. The van der Waals surface area contributed by atoms with Gasteiger partial charge in [-0.1, -0.05) is 32.6 Å². The van der Waals surface area contributed by atoms with E-state index in [2.05, 4.69) is 15.3 Å². The Bertz CT molecular complexity index is 1530. The van der Waals surface area contributed by atoms with E-state index in [4.69, 9.17) is 14.2 Å². The average Bonchev–Trinajstić information content (AvgIpc) is 3.59. The highest BCUT2D eigenvalue weighted by Gasteiger charge is 2.50. The fraction of sp³-hybridized carbons (Fsp3) is 0.694. The summed E-state index contributed by atoms with van der Waals surface area (Å²) in [6.07, 6.45) is 6.25. The van der Waals surface area contributed by atoms with Crippen LogP contribution in [0, 0.1) is 17.8 Å². The zero-order chi connectivity index (χ0) is 34.2. The van der Waals surface area contributed by atoms with Crippen molar-refractivity contribution in [3.05, 3.63) is 23.9 Å². The Morgan fingerprint density at radius 3 is 2.46 bits per heavy atom. The lowest BCUT2D eigenvalue weighted by molar-refractivity contribution is -0.140. The summed E-state index contributed by atoms with van der Waals surface area (Å²) in [7, 11) is 1.50. The molecule has 10 nitrogen and oxygen atoms in total. The van der Waals surface area contributed by atoms with Gasteiger partial charge in [-0.2, -0.15) is 8.78 Å². The van der Waals surface area contributed by atoms with E-state index in [0.29, 0.717) is 30.5 Å². The number of carbonyl (C=O) groups excluding carboxylic acids is 3. The second-order valence-electron chi connectivity index (χ2n) is 14.6. The van der Waals surface area contributed by atoms with Crippen molar-refractivity contribution < 1.29 is 37.4 Å². The minimum atomic E-state index is -3.36. The zero-order valence-electron chi connectivity index (χ0n) is 28.4. The lowest BCUT2D eigenvalue weighted by Gasteiger charge is -2.36. The molecule has 6 rings (SSSR count). The van der Waals surface area contributed by atoms with Crippen LogP contribution in [0.2, 0.25) is 0 Å². The Labute approximate surface area is 280 Å². The van der Waals surface area contributed by atoms with E-state index in [1.54, 1.807) is 25.1 Å². The van der Waals surface area contributed by atoms with Crippen LogP contribution in [0.5, 0.6) is 11.6 Å². The van der Waals surface area contributed by atoms with Crippen LogP contribution in [0.25, 0.3) is 11.0 Å². The van der Waals surface area contributed by atoms with Crippen molar-refractivity contribution in [2.45, 2.75) is 128 Å². The van der Waals surface area contributed by atoms with Crippen molar-refractivity contribution in [3.63, 3.8) is 0 Å². The van der Waals surface area contributed by atoms with Crippen LogP contribution in [0.15, 0.2) is 18.2 Å². The minimum absolute atomic E-state index is 0.0104. The van der Waals surface area contributed by atoms with Gasteiger partial charge in [0.2, 0.25) is 11.8 Å². The number of fused-ring (bicyclic) bond motifs is 5. The molecule has 0 spiro atoms. The summed E-state index contributed by atoms with van der Waals surface area (Å²) in [4.78, 5) is 51.6. The molecule has 0 unspecified atom stereocenters. The molecule has 3 heterocycles. The highest BCUT2D eigenvalue weighted by molar-refractivity contribution is 5.92. The summed E-state index contributed by atoms with van der Waals surface area (Å²) >= 11 is 0. The fourth-order valence-corrected chi connectivity index (χ4v) is 8.58. The van der Waals surface area contributed by atoms with E-state index in [1.165, 1.54) is 18.9 Å². The quantitative estimate of drug-likeness (QED) is 0.382. The zero-order valence-corrected chi connectivity index (χ0v) is 28.4. The molecule has 2 saturated carbocycles. The van der Waals surface area contributed by atoms with Crippen LogP contribution in [0.4, 0.5) is 13.6 Å². The van der Waals surface area contributed by atoms with E-state index in [-0.39, 0.29) is 47.9 Å². The molecule has 6 atom stereocenters. The first-order valence-corrected chi connectivity index (χ1v) is 17.6. The number of rotatable bonds is 3. The summed E-state index contributed by atoms with van der Waals surface area (Å²) < 4.78 is 50.1. The maximum absolute atomic E-state index is 16.2. The third-order valence-corrected chi connectivity index (χ3v) is 11.3. The first-order chi connectivity index (χ1) is 22.9. The van der Waals surface area contributed by atoms with Crippen LogP contribution in [0.3, 0.4) is 0 Å². The van der Waals surface area contributed by atoms with Crippen molar-refractivity contribution in [2.75, 3.05) is 13.7 Å². The molecule has 2 aliphatic heterocycles. The number of nitrogens with one attached hydrogen (secondary N) is 1. The number of ketones is 1. The number of carbonyl (C=O) groups is 3. The number of alkyl halides is 2. The molecule has 3 fully saturated rings. The molecule has 262 valence electrons. The SMILES string of the molecule is COc1ccc2nc3c(nc2c1)O[C@H]1CN(C(=O)[C@H](C2CCCCC2)NC(=O)O[C@]2(C)CCC[C@H]2CCCCC3(F)F)[C@H](C(C)=O)[C@@H]1C. The number of Topliss-reactive ketones (excluding diaryl/α,β-unsaturated/α-hetero) is 1. The lowest BCUT2D eigenvalue weighted by Crippen LogP contribution is -2.56. The smallest absolute Gasteiger partial charge is 0.408 e. The summed E-state index contributed by atoms with van der Waals surface area (Å²) in [5.74, 6) is -4.47. The molecule has 48 heavy (non-hydrogen) atoms. The largest absolute Gasteiger partial charge is 0.497 e. The van der Waals surface area contributed by atoms with E-state index >= 15 is 8.78 Å². The van der Waals surface area contributed by atoms with Gasteiger partial charge in [0.1, 0.15) is 23.5 Å². The highest BCUT2D eigenvalue weighted by Crippen LogP contribution is 2.44. The van der Waals surface area contributed by atoms with Crippen LogP contribution in [-0.4, -0.2) is 70.1 Å². The van der Waals surface area contributed by atoms with Gasteiger partial charge in [-0.3, -0.25) is 9.59 Å². The molecule has 1 aromatic carbocycles. The number of halogens is 2. The van der Waals surface area contributed by atoms with Crippen LogP contribution in [-0.2, 0) is 20.2 Å². The maximum Gasteiger partial charge on any atom is 0.408 e. The van der Waals surface area contributed by atoms with Crippen molar-refractivity contribution in [3.8, 4) is 11.6 Å². The van der Waals surface area contributed by atoms with Gasteiger partial charge >= 0.3 is 6.09 Å². The third kappa shape index (κ3) is 6.81. The first-order valence-electron chi connectivity index (χ1n) is 17.6.